The molecule has 2 aliphatic rings. The Hall–Kier alpha value is -1.26. The maximum atomic E-state index is 12.1. The second-order valence-corrected chi connectivity index (χ2v) is 8.83. The van der Waals surface area contributed by atoms with E-state index in [1.54, 1.807) is 11.3 Å². The largest absolute Gasteiger partial charge is 0.379 e. The number of thiocarbonyl (C=S) groups is 1. The van der Waals surface area contributed by atoms with Crippen LogP contribution in [-0.4, -0.2) is 86.0 Å². The Balaban J connectivity index is 1.41. The third-order valence-electron chi connectivity index (χ3n) is 5.17. The summed E-state index contributed by atoms with van der Waals surface area (Å²) < 4.78 is 11.0. The average molecular weight is 441 g/mol. The Labute approximate surface area is 182 Å². The summed E-state index contributed by atoms with van der Waals surface area (Å²) in [7, 11) is 0. The highest BCUT2D eigenvalue weighted by molar-refractivity contribution is 7.80. The van der Waals surface area contributed by atoms with Gasteiger partial charge >= 0.3 is 0 Å². The zero-order chi connectivity index (χ0) is 20.3. The number of morpholine rings is 1. The Bertz CT molecular complexity index is 617. The molecule has 1 aromatic rings. The van der Waals surface area contributed by atoms with Crippen LogP contribution < -0.4 is 10.6 Å². The van der Waals surface area contributed by atoms with Gasteiger partial charge < -0.3 is 25.0 Å². The molecule has 2 fully saturated rings. The van der Waals surface area contributed by atoms with E-state index in [0.717, 1.165) is 71.8 Å². The predicted molar refractivity (Wildman–Crippen MR) is 119 cm³/mol. The lowest BCUT2D eigenvalue weighted by Crippen LogP contribution is -2.46. The number of ether oxygens (including phenoxy) is 2. The van der Waals surface area contributed by atoms with Crippen molar-refractivity contribution in [3.63, 3.8) is 0 Å². The molecule has 1 atom stereocenters. The summed E-state index contributed by atoms with van der Waals surface area (Å²) in [6.07, 6.45) is 3.27. The van der Waals surface area contributed by atoms with Gasteiger partial charge in [0.05, 0.1) is 32.4 Å². The molecule has 29 heavy (non-hydrogen) atoms. The number of rotatable bonds is 10. The molecule has 2 aliphatic heterocycles. The Morgan fingerprint density at radius 1 is 1.31 bits per heavy atom. The second-order valence-electron chi connectivity index (χ2n) is 7.41. The molecule has 3 heterocycles. The zero-order valence-electron chi connectivity index (χ0n) is 16.9. The number of nitrogens with zero attached hydrogens (tertiary/aromatic N) is 2. The van der Waals surface area contributed by atoms with Gasteiger partial charge in [0.25, 0.3) is 0 Å². The van der Waals surface area contributed by atoms with Crippen LogP contribution in [0.15, 0.2) is 17.5 Å². The van der Waals surface area contributed by atoms with Crippen molar-refractivity contribution in [2.24, 2.45) is 0 Å². The van der Waals surface area contributed by atoms with E-state index < -0.39 is 0 Å². The smallest absolute Gasteiger partial charge is 0.239 e. The molecule has 0 aromatic carbocycles. The van der Waals surface area contributed by atoms with E-state index in [-0.39, 0.29) is 18.6 Å². The van der Waals surface area contributed by atoms with Crippen LogP contribution in [0.2, 0.25) is 0 Å². The average Bonchev–Trinajstić information content (AvgIpc) is 3.44. The summed E-state index contributed by atoms with van der Waals surface area (Å²) in [6, 6.07) is 4.18. The molecule has 2 N–H and O–H groups in total. The van der Waals surface area contributed by atoms with Gasteiger partial charge in [-0.3, -0.25) is 9.69 Å². The third kappa shape index (κ3) is 8.18. The number of hydrogen-bond donors (Lipinski definition) is 2. The van der Waals surface area contributed by atoms with E-state index in [2.05, 4.69) is 37.9 Å². The van der Waals surface area contributed by atoms with E-state index in [1.807, 2.05) is 0 Å². The number of carbonyl (C=O) groups excluding carboxylic acids is 1. The normalized spacial score (nSPS) is 19.8. The van der Waals surface area contributed by atoms with Crippen molar-refractivity contribution in [1.82, 2.24) is 20.4 Å². The van der Waals surface area contributed by atoms with Gasteiger partial charge in [-0.15, -0.1) is 11.3 Å². The first kappa shape index (κ1) is 22.4. The minimum Gasteiger partial charge on any atom is -0.379 e. The molecule has 0 aliphatic carbocycles. The van der Waals surface area contributed by atoms with Gasteiger partial charge in [-0.1, -0.05) is 6.07 Å². The molecule has 162 valence electrons. The van der Waals surface area contributed by atoms with Gasteiger partial charge in [-0.2, -0.15) is 0 Å². The van der Waals surface area contributed by atoms with Crippen LogP contribution in [0.25, 0.3) is 0 Å². The number of thiophene rings is 1. The van der Waals surface area contributed by atoms with Crippen molar-refractivity contribution < 1.29 is 14.3 Å². The van der Waals surface area contributed by atoms with Crippen molar-refractivity contribution >= 4 is 34.6 Å². The van der Waals surface area contributed by atoms with Gasteiger partial charge in [-0.25, -0.2) is 0 Å². The SMILES string of the molecule is O=C(CNC(=S)N(CCCN1CCOCC1)Cc1cccs1)NC[C@H]1CCCO1. The molecular formula is C20H32N4O3S2. The van der Waals surface area contributed by atoms with Gasteiger partial charge in [0.2, 0.25) is 5.91 Å². The van der Waals surface area contributed by atoms with Crippen LogP contribution in [-0.2, 0) is 20.8 Å². The summed E-state index contributed by atoms with van der Waals surface area (Å²) in [4.78, 5) is 18.0. The fourth-order valence-electron chi connectivity index (χ4n) is 3.52. The highest BCUT2D eigenvalue weighted by atomic mass is 32.1. The monoisotopic (exact) mass is 440 g/mol. The highest BCUT2D eigenvalue weighted by Crippen LogP contribution is 2.13. The molecule has 3 rings (SSSR count). The summed E-state index contributed by atoms with van der Waals surface area (Å²) in [6.45, 7) is 7.86. The number of nitrogens with one attached hydrogen (secondary N) is 2. The van der Waals surface area contributed by atoms with E-state index in [1.165, 1.54) is 4.88 Å². The fraction of sp³-hybridized carbons (Fsp3) is 0.700. The van der Waals surface area contributed by atoms with Crippen molar-refractivity contribution in [2.45, 2.75) is 31.9 Å². The first-order chi connectivity index (χ1) is 14.2. The zero-order valence-corrected chi connectivity index (χ0v) is 18.6. The van der Waals surface area contributed by atoms with Crippen molar-refractivity contribution in [3.8, 4) is 0 Å². The summed E-state index contributed by atoms with van der Waals surface area (Å²) in [5.41, 5.74) is 0. The Morgan fingerprint density at radius 2 is 2.17 bits per heavy atom. The molecule has 0 saturated carbocycles. The van der Waals surface area contributed by atoms with Crippen LogP contribution in [0.3, 0.4) is 0 Å². The highest BCUT2D eigenvalue weighted by Gasteiger charge is 2.17. The van der Waals surface area contributed by atoms with Crippen molar-refractivity contribution in [3.05, 3.63) is 22.4 Å². The minimum atomic E-state index is -0.0489. The molecule has 7 nitrogen and oxygen atoms in total. The van der Waals surface area contributed by atoms with Gasteiger partial charge in [0, 0.05) is 44.2 Å². The topological polar surface area (TPSA) is 66.1 Å². The molecule has 0 unspecified atom stereocenters. The van der Waals surface area contributed by atoms with Gasteiger partial charge in [-0.05, 0) is 42.9 Å². The summed E-state index contributed by atoms with van der Waals surface area (Å²) in [5.74, 6) is -0.0489. The van der Waals surface area contributed by atoms with Crippen LogP contribution in [0.5, 0.6) is 0 Å². The molecule has 9 heteroatoms. The first-order valence-electron chi connectivity index (χ1n) is 10.4. The summed E-state index contributed by atoms with van der Waals surface area (Å²) in [5, 5.41) is 8.78. The predicted octanol–water partition coefficient (Wildman–Crippen LogP) is 1.44. The maximum Gasteiger partial charge on any atom is 0.239 e. The Morgan fingerprint density at radius 3 is 2.90 bits per heavy atom. The third-order valence-corrected chi connectivity index (χ3v) is 6.43. The molecule has 2 saturated heterocycles. The van der Waals surface area contributed by atoms with Crippen molar-refractivity contribution in [2.75, 3.05) is 59.1 Å². The lowest BCUT2D eigenvalue weighted by atomic mass is 10.2. The van der Waals surface area contributed by atoms with Crippen LogP contribution in [0.4, 0.5) is 0 Å². The fourth-order valence-corrected chi connectivity index (χ4v) is 4.46. The number of hydrogen-bond acceptors (Lipinski definition) is 6. The number of amides is 1. The lowest BCUT2D eigenvalue weighted by Gasteiger charge is -2.29. The van der Waals surface area contributed by atoms with Crippen LogP contribution in [0.1, 0.15) is 24.1 Å². The van der Waals surface area contributed by atoms with E-state index >= 15 is 0 Å². The van der Waals surface area contributed by atoms with Gasteiger partial charge in [0.15, 0.2) is 5.11 Å². The van der Waals surface area contributed by atoms with Crippen LogP contribution in [0, 0.1) is 0 Å². The van der Waals surface area contributed by atoms with E-state index in [9.17, 15) is 4.79 Å². The van der Waals surface area contributed by atoms with Crippen molar-refractivity contribution in [1.29, 1.82) is 0 Å². The molecule has 1 aromatic heterocycles. The van der Waals surface area contributed by atoms with E-state index in [4.69, 9.17) is 21.7 Å². The molecule has 1 amide bonds. The lowest BCUT2D eigenvalue weighted by molar-refractivity contribution is -0.120. The standard InChI is InChI=1S/C20H32N4O3S2/c25-19(21-14-17-4-1-10-27-17)15-22-20(28)24(16-18-5-2-13-29-18)7-3-6-23-8-11-26-12-9-23/h2,5,13,17H,1,3-4,6-12,14-16H2,(H,21,25)(H,22,28)/t17-/m1/s1. The molecule has 0 bridgehead atoms. The van der Waals surface area contributed by atoms with Crippen LogP contribution >= 0.6 is 23.6 Å². The Kier molecular flexibility index (Phi) is 9.62. The maximum absolute atomic E-state index is 12.1. The molecule has 0 spiro atoms. The molecular weight excluding hydrogens is 408 g/mol. The minimum absolute atomic E-state index is 0.0489. The van der Waals surface area contributed by atoms with E-state index in [0.29, 0.717) is 11.7 Å². The van der Waals surface area contributed by atoms with Gasteiger partial charge in [0.1, 0.15) is 0 Å². The second kappa shape index (κ2) is 12.4. The number of carbonyl (C=O) groups is 1. The molecule has 0 radical (unpaired) electrons. The summed E-state index contributed by atoms with van der Waals surface area (Å²) >= 11 is 7.34. The first-order valence-corrected chi connectivity index (χ1v) is 11.7. The quantitative estimate of drug-likeness (QED) is 0.534.